The normalized spacial score (nSPS) is 11.2. The van der Waals surface area contributed by atoms with Crippen LogP contribution in [0.2, 0.25) is 0 Å². The molecule has 7 heteroatoms. The van der Waals surface area contributed by atoms with Crippen molar-refractivity contribution in [2.24, 2.45) is 0 Å². The van der Waals surface area contributed by atoms with Gasteiger partial charge in [0.15, 0.2) is 9.84 Å². The highest BCUT2D eigenvalue weighted by Gasteiger charge is 2.06. The second-order valence-corrected chi connectivity index (χ2v) is 5.96. The average molecular weight is 258 g/mol. The Bertz CT molecular complexity index is 447. The third-order valence-electron chi connectivity index (χ3n) is 2.15. The van der Waals surface area contributed by atoms with E-state index in [9.17, 15) is 8.42 Å². The molecule has 0 spiro atoms. The summed E-state index contributed by atoms with van der Waals surface area (Å²) in [6, 6.07) is 0. The Morgan fingerprint density at radius 2 is 1.82 bits per heavy atom. The maximum absolute atomic E-state index is 11.3. The van der Waals surface area contributed by atoms with E-state index in [1.807, 2.05) is 6.92 Å². The van der Waals surface area contributed by atoms with Gasteiger partial charge in [0.1, 0.15) is 11.6 Å². The third kappa shape index (κ3) is 4.99. The molecule has 0 saturated heterocycles. The van der Waals surface area contributed by atoms with Crippen LogP contribution in [-0.4, -0.2) is 43.0 Å². The van der Waals surface area contributed by atoms with Gasteiger partial charge in [0.05, 0.1) is 18.1 Å². The summed E-state index contributed by atoms with van der Waals surface area (Å²) in [4.78, 5) is 8.23. The van der Waals surface area contributed by atoms with E-state index in [1.54, 1.807) is 19.3 Å². The summed E-state index contributed by atoms with van der Waals surface area (Å²) >= 11 is 0. The van der Waals surface area contributed by atoms with Gasteiger partial charge in [-0.3, -0.25) is 4.98 Å². The summed E-state index contributed by atoms with van der Waals surface area (Å²) in [5.41, 5.74) is 0. The highest BCUT2D eigenvalue weighted by atomic mass is 32.2. The van der Waals surface area contributed by atoms with Crippen LogP contribution in [0.5, 0.6) is 0 Å². The van der Waals surface area contributed by atoms with Gasteiger partial charge >= 0.3 is 0 Å². The van der Waals surface area contributed by atoms with E-state index in [4.69, 9.17) is 0 Å². The van der Waals surface area contributed by atoms with Gasteiger partial charge in [-0.1, -0.05) is 6.92 Å². The molecule has 0 fully saturated rings. The Hall–Kier alpha value is -1.37. The zero-order valence-electron chi connectivity index (χ0n) is 10.1. The molecule has 1 aromatic heterocycles. The van der Waals surface area contributed by atoms with Crippen molar-refractivity contribution in [3.05, 3.63) is 12.4 Å². The van der Waals surface area contributed by atoms with Crippen LogP contribution in [0.25, 0.3) is 0 Å². The summed E-state index contributed by atoms with van der Waals surface area (Å²) in [7, 11) is -2.94. The first-order valence-electron chi connectivity index (χ1n) is 5.57. The van der Waals surface area contributed by atoms with Crippen molar-refractivity contribution in [3.63, 3.8) is 0 Å². The highest BCUT2D eigenvalue weighted by Crippen LogP contribution is 2.05. The van der Waals surface area contributed by atoms with Crippen LogP contribution in [0.4, 0.5) is 11.6 Å². The fourth-order valence-electron chi connectivity index (χ4n) is 1.20. The highest BCUT2D eigenvalue weighted by molar-refractivity contribution is 7.91. The van der Waals surface area contributed by atoms with Gasteiger partial charge < -0.3 is 10.6 Å². The predicted molar refractivity (Wildman–Crippen MR) is 69.0 cm³/mol. The Labute approximate surface area is 102 Å². The molecular weight excluding hydrogens is 240 g/mol. The van der Waals surface area contributed by atoms with Gasteiger partial charge in [-0.15, -0.1) is 0 Å². The first kappa shape index (κ1) is 13.7. The monoisotopic (exact) mass is 258 g/mol. The number of hydrogen-bond donors (Lipinski definition) is 2. The van der Waals surface area contributed by atoms with Gasteiger partial charge in [-0.25, -0.2) is 13.4 Å². The molecule has 96 valence electrons. The van der Waals surface area contributed by atoms with Crippen molar-refractivity contribution >= 4 is 21.5 Å². The second kappa shape index (κ2) is 6.39. The lowest BCUT2D eigenvalue weighted by atomic mass is 10.5. The molecule has 2 N–H and O–H groups in total. The van der Waals surface area contributed by atoms with E-state index < -0.39 is 9.84 Å². The van der Waals surface area contributed by atoms with Crippen LogP contribution in [-0.2, 0) is 9.84 Å². The minimum absolute atomic E-state index is 0.108. The first-order chi connectivity index (χ1) is 8.07. The fraction of sp³-hybridized carbons (Fsp3) is 0.600. The summed E-state index contributed by atoms with van der Waals surface area (Å²) in [6.45, 7) is 4.72. The molecule has 0 aliphatic rings. The largest absolute Gasteiger partial charge is 0.369 e. The lowest BCUT2D eigenvalue weighted by Gasteiger charge is -2.07. The molecule has 1 aromatic rings. The number of nitrogens with zero attached hydrogens (tertiary/aromatic N) is 2. The molecule has 0 unspecified atom stereocenters. The van der Waals surface area contributed by atoms with E-state index in [-0.39, 0.29) is 11.5 Å². The maximum atomic E-state index is 11.3. The van der Waals surface area contributed by atoms with Crippen molar-refractivity contribution in [3.8, 4) is 0 Å². The maximum Gasteiger partial charge on any atom is 0.151 e. The standard InChI is InChI=1S/C10H18N4O2S/c1-3-12-9-7-11-8-10(14-9)13-5-6-17(15,16)4-2/h7-8H,3-6H2,1-2H3,(H2,12,13,14). The molecule has 1 rings (SSSR count). The van der Waals surface area contributed by atoms with Gasteiger partial charge in [0.25, 0.3) is 0 Å². The zero-order chi connectivity index (χ0) is 12.7. The SMILES string of the molecule is CCNc1cncc(NCCS(=O)(=O)CC)n1. The van der Waals surface area contributed by atoms with Gasteiger partial charge in [0, 0.05) is 18.8 Å². The van der Waals surface area contributed by atoms with Crippen LogP contribution in [0.15, 0.2) is 12.4 Å². The fourth-order valence-corrected chi connectivity index (χ4v) is 1.90. The lowest BCUT2D eigenvalue weighted by molar-refractivity contribution is 0.597. The zero-order valence-corrected chi connectivity index (χ0v) is 10.9. The molecule has 0 aliphatic heterocycles. The summed E-state index contributed by atoms with van der Waals surface area (Å²) in [5.74, 6) is 1.53. The lowest BCUT2D eigenvalue weighted by Crippen LogP contribution is -2.17. The Balaban J connectivity index is 2.49. The molecule has 0 saturated carbocycles. The van der Waals surface area contributed by atoms with Crippen molar-refractivity contribution in [2.75, 3.05) is 35.2 Å². The Morgan fingerprint density at radius 3 is 2.41 bits per heavy atom. The van der Waals surface area contributed by atoms with Crippen LogP contribution in [0.1, 0.15) is 13.8 Å². The average Bonchev–Trinajstić information content (AvgIpc) is 2.30. The molecule has 0 atom stereocenters. The molecule has 17 heavy (non-hydrogen) atoms. The third-order valence-corrected chi connectivity index (χ3v) is 3.86. The minimum Gasteiger partial charge on any atom is -0.369 e. The number of nitrogens with one attached hydrogen (secondary N) is 2. The van der Waals surface area contributed by atoms with Gasteiger partial charge in [0.2, 0.25) is 0 Å². The second-order valence-electron chi connectivity index (χ2n) is 3.48. The minimum atomic E-state index is -2.94. The molecule has 0 amide bonds. The molecular formula is C10H18N4O2S. The topological polar surface area (TPSA) is 84.0 Å². The Kier molecular flexibility index (Phi) is 5.14. The van der Waals surface area contributed by atoms with Crippen LogP contribution in [0.3, 0.4) is 0 Å². The van der Waals surface area contributed by atoms with Crippen molar-refractivity contribution in [1.82, 2.24) is 9.97 Å². The van der Waals surface area contributed by atoms with Gasteiger partial charge in [-0.2, -0.15) is 0 Å². The van der Waals surface area contributed by atoms with Crippen molar-refractivity contribution in [2.45, 2.75) is 13.8 Å². The molecule has 6 nitrogen and oxygen atoms in total. The van der Waals surface area contributed by atoms with E-state index >= 15 is 0 Å². The number of sulfone groups is 1. The number of anilines is 2. The smallest absolute Gasteiger partial charge is 0.151 e. The molecule has 0 aliphatic carbocycles. The van der Waals surface area contributed by atoms with Crippen molar-refractivity contribution in [1.29, 1.82) is 0 Å². The summed E-state index contributed by atoms with van der Waals surface area (Å²) in [5, 5.41) is 5.97. The van der Waals surface area contributed by atoms with E-state index in [0.29, 0.717) is 18.2 Å². The number of aromatic nitrogens is 2. The number of rotatable bonds is 7. The first-order valence-corrected chi connectivity index (χ1v) is 7.39. The summed E-state index contributed by atoms with van der Waals surface area (Å²) < 4.78 is 22.5. The van der Waals surface area contributed by atoms with Crippen LogP contribution >= 0.6 is 0 Å². The van der Waals surface area contributed by atoms with Crippen LogP contribution in [0, 0.1) is 0 Å². The quantitative estimate of drug-likeness (QED) is 0.751. The molecule has 0 aromatic carbocycles. The number of hydrogen-bond acceptors (Lipinski definition) is 6. The molecule has 0 radical (unpaired) electrons. The van der Waals surface area contributed by atoms with Crippen molar-refractivity contribution < 1.29 is 8.42 Å². The van der Waals surface area contributed by atoms with Gasteiger partial charge in [-0.05, 0) is 6.92 Å². The van der Waals surface area contributed by atoms with E-state index in [0.717, 1.165) is 6.54 Å². The van der Waals surface area contributed by atoms with E-state index in [1.165, 1.54) is 0 Å². The van der Waals surface area contributed by atoms with E-state index in [2.05, 4.69) is 20.6 Å². The summed E-state index contributed by atoms with van der Waals surface area (Å²) in [6.07, 6.45) is 3.19. The molecule has 0 bridgehead atoms. The predicted octanol–water partition coefficient (Wildman–Crippen LogP) is 0.755. The molecule has 1 heterocycles. The van der Waals surface area contributed by atoms with Crippen LogP contribution < -0.4 is 10.6 Å². The Morgan fingerprint density at radius 1 is 1.18 bits per heavy atom.